The summed E-state index contributed by atoms with van der Waals surface area (Å²) in [5.41, 5.74) is 2.83. The Morgan fingerprint density at radius 1 is 0.905 bits per heavy atom. The van der Waals surface area contributed by atoms with Crippen LogP contribution < -0.4 is 5.56 Å². The zero-order valence-electron chi connectivity index (χ0n) is 11.8. The molecule has 3 aromatic rings. The fraction of sp³-hybridized carbons (Fsp3) is 0.111. The van der Waals surface area contributed by atoms with Crippen LogP contribution in [0, 0.1) is 6.92 Å². The molecule has 0 saturated heterocycles. The predicted octanol–water partition coefficient (Wildman–Crippen LogP) is 3.26. The average molecular weight is 276 g/mol. The Morgan fingerprint density at radius 3 is 1.90 bits per heavy atom. The van der Waals surface area contributed by atoms with Crippen LogP contribution in [0.15, 0.2) is 71.5 Å². The normalized spacial score (nSPS) is 10.8. The minimum absolute atomic E-state index is 0.0694. The molecule has 0 amide bonds. The van der Waals surface area contributed by atoms with Crippen LogP contribution in [0.1, 0.15) is 28.6 Å². The van der Waals surface area contributed by atoms with Crippen molar-refractivity contribution in [3.8, 4) is 0 Å². The van der Waals surface area contributed by atoms with Crippen LogP contribution >= 0.6 is 0 Å². The van der Waals surface area contributed by atoms with Crippen molar-refractivity contribution in [2.45, 2.75) is 12.8 Å². The second-order valence-corrected chi connectivity index (χ2v) is 5.03. The molecule has 21 heavy (non-hydrogen) atoms. The van der Waals surface area contributed by atoms with E-state index in [1.54, 1.807) is 0 Å². The van der Waals surface area contributed by atoms with Crippen molar-refractivity contribution < 1.29 is 0 Å². The van der Waals surface area contributed by atoms with Crippen LogP contribution in [-0.2, 0) is 0 Å². The van der Waals surface area contributed by atoms with Gasteiger partial charge in [-0.2, -0.15) is 0 Å². The Bertz CT molecular complexity index is 740. The summed E-state index contributed by atoms with van der Waals surface area (Å²) in [5.74, 6) is 0.609. The van der Waals surface area contributed by atoms with Crippen molar-refractivity contribution in [1.29, 1.82) is 0 Å². The third-order valence-corrected chi connectivity index (χ3v) is 3.43. The summed E-state index contributed by atoms with van der Waals surface area (Å²) in [6.45, 7) is 1.84. The number of nitrogens with one attached hydrogen (secondary N) is 1. The average Bonchev–Trinajstić information content (AvgIpc) is 2.49. The van der Waals surface area contributed by atoms with Gasteiger partial charge in [0.05, 0.1) is 5.92 Å². The van der Waals surface area contributed by atoms with Gasteiger partial charge in [-0.3, -0.25) is 4.79 Å². The fourth-order valence-corrected chi connectivity index (χ4v) is 2.54. The minimum atomic E-state index is -0.116. The molecule has 0 aliphatic heterocycles. The predicted molar refractivity (Wildman–Crippen MR) is 83.4 cm³/mol. The van der Waals surface area contributed by atoms with E-state index >= 15 is 0 Å². The van der Waals surface area contributed by atoms with Crippen molar-refractivity contribution >= 4 is 0 Å². The maximum absolute atomic E-state index is 11.8. The van der Waals surface area contributed by atoms with Crippen LogP contribution in [0.25, 0.3) is 0 Å². The van der Waals surface area contributed by atoms with E-state index in [1.165, 1.54) is 6.07 Å². The second-order valence-electron chi connectivity index (χ2n) is 5.03. The standard InChI is InChI=1S/C18H16N2O/c1-13-12-16(21)20-18(19-13)17(14-8-4-2-5-9-14)15-10-6-3-7-11-15/h2-12,17H,1H3,(H,19,20,21). The van der Waals surface area contributed by atoms with Gasteiger partial charge in [0.2, 0.25) is 0 Å². The fourth-order valence-electron chi connectivity index (χ4n) is 2.54. The number of benzene rings is 2. The monoisotopic (exact) mass is 276 g/mol. The van der Waals surface area contributed by atoms with Gasteiger partial charge in [-0.1, -0.05) is 60.7 Å². The summed E-state index contributed by atoms with van der Waals surface area (Å²) >= 11 is 0. The van der Waals surface area contributed by atoms with Gasteiger partial charge in [0, 0.05) is 11.8 Å². The molecule has 0 saturated carbocycles. The highest BCUT2D eigenvalue weighted by atomic mass is 16.1. The van der Waals surface area contributed by atoms with Crippen LogP contribution in [-0.4, -0.2) is 9.97 Å². The molecule has 0 unspecified atom stereocenters. The van der Waals surface area contributed by atoms with Crippen molar-refractivity contribution in [1.82, 2.24) is 9.97 Å². The van der Waals surface area contributed by atoms with Crippen molar-refractivity contribution in [3.05, 3.63) is 99.7 Å². The lowest BCUT2D eigenvalue weighted by molar-refractivity contribution is 0.830. The molecule has 3 heteroatoms. The molecule has 2 aromatic carbocycles. The Balaban J connectivity index is 2.19. The van der Waals surface area contributed by atoms with E-state index in [0.29, 0.717) is 5.82 Å². The first-order valence-electron chi connectivity index (χ1n) is 6.92. The number of nitrogens with zero attached hydrogens (tertiary/aromatic N) is 1. The van der Waals surface area contributed by atoms with Gasteiger partial charge in [0.1, 0.15) is 5.82 Å². The van der Waals surface area contributed by atoms with Gasteiger partial charge in [-0.05, 0) is 18.1 Å². The maximum Gasteiger partial charge on any atom is 0.251 e. The summed E-state index contributed by atoms with van der Waals surface area (Å²) in [5, 5.41) is 0. The zero-order valence-corrected chi connectivity index (χ0v) is 11.8. The van der Waals surface area contributed by atoms with E-state index in [1.807, 2.05) is 43.3 Å². The number of aromatic amines is 1. The van der Waals surface area contributed by atoms with Crippen molar-refractivity contribution in [2.75, 3.05) is 0 Å². The van der Waals surface area contributed by atoms with Gasteiger partial charge in [0.25, 0.3) is 5.56 Å². The van der Waals surface area contributed by atoms with Crippen LogP contribution in [0.3, 0.4) is 0 Å². The molecular weight excluding hydrogens is 260 g/mol. The highest BCUT2D eigenvalue weighted by Gasteiger charge is 2.18. The Kier molecular flexibility index (Phi) is 3.65. The topological polar surface area (TPSA) is 45.8 Å². The van der Waals surface area contributed by atoms with Crippen LogP contribution in [0.2, 0.25) is 0 Å². The zero-order chi connectivity index (χ0) is 14.7. The molecule has 3 rings (SSSR count). The summed E-state index contributed by atoms with van der Waals surface area (Å²) < 4.78 is 0. The minimum Gasteiger partial charge on any atom is -0.310 e. The third kappa shape index (κ3) is 2.92. The Labute approximate surface area is 123 Å². The van der Waals surface area contributed by atoms with Gasteiger partial charge < -0.3 is 4.98 Å². The van der Waals surface area contributed by atoms with Crippen LogP contribution in [0.5, 0.6) is 0 Å². The number of rotatable bonds is 3. The number of hydrogen-bond acceptors (Lipinski definition) is 2. The second kappa shape index (κ2) is 5.75. The molecule has 0 radical (unpaired) electrons. The molecule has 0 fully saturated rings. The molecule has 0 bridgehead atoms. The van der Waals surface area contributed by atoms with E-state index < -0.39 is 0 Å². The van der Waals surface area contributed by atoms with Gasteiger partial charge >= 0.3 is 0 Å². The molecule has 0 aliphatic carbocycles. The van der Waals surface area contributed by atoms with E-state index in [-0.39, 0.29) is 11.5 Å². The van der Waals surface area contributed by atoms with Gasteiger partial charge in [-0.25, -0.2) is 4.98 Å². The highest BCUT2D eigenvalue weighted by Crippen LogP contribution is 2.28. The molecule has 1 heterocycles. The van der Waals surface area contributed by atoms with Crippen molar-refractivity contribution in [2.24, 2.45) is 0 Å². The number of aromatic nitrogens is 2. The molecule has 1 aromatic heterocycles. The van der Waals surface area contributed by atoms with E-state index in [0.717, 1.165) is 16.8 Å². The Hall–Kier alpha value is -2.68. The molecule has 0 spiro atoms. The lowest BCUT2D eigenvalue weighted by Gasteiger charge is -2.17. The third-order valence-electron chi connectivity index (χ3n) is 3.43. The maximum atomic E-state index is 11.8. The molecule has 3 nitrogen and oxygen atoms in total. The lowest BCUT2D eigenvalue weighted by Crippen LogP contribution is -2.16. The number of hydrogen-bond donors (Lipinski definition) is 1. The highest BCUT2D eigenvalue weighted by molar-refractivity contribution is 5.38. The quantitative estimate of drug-likeness (QED) is 0.798. The van der Waals surface area contributed by atoms with Gasteiger partial charge in [0.15, 0.2) is 0 Å². The molecule has 104 valence electrons. The lowest BCUT2D eigenvalue weighted by atomic mass is 9.90. The summed E-state index contributed by atoms with van der Waals surface area (Å²) in [6.07, 6.45) is 0. The number of H-pyrrole nitrogens is 1. The van der Waals surface area contributed by atoms with Gasteiger partial charge in [-0.15, -0.1) is 0 Å². The number of aryl methyl sites for hydroxylation is 1. The SMILES string of the molecule is Cc1cc(=O)[nH]c(C(c2ccccc2)c2ccccc2)n1. The summed E-state index contributed by atoms with van der Waals surface area (Å²) in [6, 6.07) is 21.7. The summed E-state index contributed by atoms with van der Waals surface area (Å²) in [7, 11) is 0. The first-order chi connectivity index (χ1) is 10.2. The van der Waals surface area contributed by atoms with E-state index in [2.05, 4.69) is 34.2 Å². The molecule has 0 atom stereocenters. The first kappa shape index (κ1) is 13.3. The molecule has 0 aliphatic rings. The van der Waals surface area contributed by atoms with Crippen LogP contribution in [0.4, 0.5) is 0 Å². The molecular formula is C18H16N2O. The van der Waals surface area contributed by atoms with Crippen molar-refractivity contribution in [3.63, 3.8) is 0 Å². The smallest absolute Gasteiger partial charge is 0.251 e. The van der Waals surface area contributed by atoms with E-state index in [4.69, 9.17) is 0 Å². The largest absolute Gasteiger partial charge is 0.310 e. The van der Waals surface area contributed by atoms with E-state index in [9.17, 15) is 4.79 Å². The Morgan fingerprint density at radius 2 is 1.43 bits per heavy atom. The molecule has 1 N–H and O–H groups in total. The first-order valence-corrected chi connectivity index (χ1v) is 6.92. The summed E-state index contributed by atoms with van der Waals surface area (Å²) in [4.78, 5) is 19.2.